The van der Waals surface area contributed by atoms with Gasteiger partial charge in [-0.15, -0.1) is 0 Å². The number of β-amino-alcohol motifs (C(OH)–C–C–N with tert-alkyl or cyclic N) is 1. The van der Waals surface area contributed by atoms with Gasteiger partial charge < -0.3 is 14.5 Å². The van der Waals surface area contributed by atoms with Gasteiger partial charge in [0.1, 0.15) is 6.10 Å². The Labute approximate surface area is 114 Å². The number of aliphatic hydroxyl groups is 1. The van der Waals surface area contributed by atoms with Crippen molar-refractivity contribution < 1.29 is 14.5 Å². The number of aliphatic hydroxyl groups excluding tert-OH is 1. The van der Waals surface area contributed by atoms with Crippen LogP contribution in [0.1, 0.15) is 13.8 Å². The van der Waals surface area contributed by atoms with E-state index in [0.717, 1.165) is 6.54 Å². The fourth-order valence-electron chi connectivity index (χ4n) is 2.19. The molecule has 1 saturated heterocycles. The van der Waals surface area contributed by atoms with Crippen LogP contribution in [0.15, 0.2) is 0 Å². The second kappa shape index (κ2) is 6.94. The van der Waals surface area contributed by atoms with Crippen LogP contribution in [0.3, 0.4) is 0 Å². The van der Waals surface area contributed by atoms with Crippen LogP contribution in [0, 0.1) is 5.92 Å². The van der Waals surface area contributed by atoms with Crippen LogP contribution in [-0.2, 0) is 9.39 Å². The van der Waals surface area contributed by atoms with Crippen molar-refractivity contribution in [2.45, 2.75) is 32.2 Å². The maximum Gasteiger partial charge on any atom is 0.257 e. The number of piperidine rings is 1. The van der Waals surface area contributed by atoms with Crippen molar-refractivity contribution >= 4 is 37.3 Å². The van der Waals surface area contributed by atoms with E-state index in [9.17, 15) is 5.11 Å². The molecule has 0 aromatic heterocycles. The van der Waals surface area contributed by atoms with Crippen LogP contribution in [-0.4, -0.2) is 60.4 Å². The maximum atomic E-state index is 9.94. The second-order valence-electron chi connectivity index (χ2n) is 4.61. The number of rotatable bonds is 4. The smallest absolute Gasteiger partial charge is 0.257 e. The first-order valence-corrected chi connectivity index (χ1v) is 6.62. The standard InChI is InChI=1S/C10H20BNO3S2/c1-6(14-10(16)17)3-12-4-8(13)7(2)9(5-12)15-11/h6-9,13H,3-5,11H2,1-2H3,(H,16,17). The highest BCUT2D eigenvalue weighted by molar-refractivity contribution is 8.10. The second-order valence-corrected chi connectivity index (χ2v) is 5.69. The van der Waals surface area contributed by atoms with E-state index in [2.05, 4.69) is 17.5 Å². The third-order valence-corrected chi connectivity index (χ3v) is 3.40. The minimum atomic E-state index is -0.358. The highest BCUT2D eigenvalue weighted by atomic mass is 32.1. The van der Waals surface area contributed by atoms with E-state index in [1.54, 1.807) is 8.05 Å². The molecule has 0 amide bonds. The molecule has 98 valence electrons. The van der Waals surface area contributed by atoms with E-state index in [1.165, 1.54) is 0 Å². The summed E-state index contributed by atoms with van der Waals surface area (Å²) in [4.78, 5) is 2.13. The molecule has 1 fully saturated rings. The Hall–Kier alpha value is 0.185. The third-order valence-electron chi connectivity index (χ3n) is 3.20. The molecule has 4 atom stereocenters. The molecule has 4 unspecified atom stereocenters. The van der Waals surface area contributed by atoms with Crippen molar-refractivity contribution in [2.24, 2.45) is 5.92 Å². The van der Waals surface area contributed by atoms with Crippen molar-refractivity contribution in [3.63, 3.8) is 0 Å². The first-order chi connectivity index (χ1) is 7.93. The molecule has 1 rings (SSSR count). The molecule has 1 heterocycles. The Kier molecular flexibility index (Phi) is 6.23. The molecule has 1 N–H and O–H groups in total. The van der Waals surface area contributed by atoms with Crippen LogP contribution in [0.2, 0.25) is 0 Å². The van der Waals surface area contributed by atoms with Gasteiger partial charge in [-0.2, -0.15) is 0 Å². The van der Waals surface area contributed by atoms with Crippen molar-refractivity contribution in [2.75, 3.05) is 19.6 Å². The van der Waals surface area contributed by atoms with Crippen molar-refractivity contribution in [3.05, 3.63) is 0 Å². The first kappa shape index (κ1) is 15.2. The van der Waals surface area contributed by atoms with Gasteiger partial charge in [0.2, 0.25) is 4.38 Å². The minimum absolute atomic E-state index is 0.0295. The van der Waals surface area contributed by atoms with Gasteiger partial charge in [-0.25, -0.2) is 0 Å². The van der Waals surface area contributed by atoms with E-state index >= 15 is 0 Å². The van der Waals surface area contributed by atoms with Crippen LogP contribution >= 0.6 is 24.8 Å². The molecular formula is C10H20BNO3S2. The number of thiol groups is 1. The molecule has 0 bridgehead atoms. The Morgan fingerprint density at radius 2 is 2.29 bits per heavy atom. The molecule has 7 heteroatoms. The molecule has 0 aromatic carbocycles. The Bertz CT molecular complexity index is 270. The van der Waals surface area contributed by atoms with Crippen molar-refractivity contribution in [1.82, 2.24) is 4.90 Å². The number of likely N-dealkylation sites (tertiary alicyclic amines) is 1. The summed E-state index contributed by atoms with van der Waals surface area (Å²) in [6.45, 7) is 6.12. The molecule has 0 radical (unpaired) electrons. The fourth-order valence-corrected chi connectivity index (χ4v) is 2.53. The van der Waals surface area contributed by atoms with Crippen molar-refractivity contribution in [1.29, 1.82) is 0 Å². The van der Waals surface area contributed by atoms with Gasteiger partial charge in [-0.05, 0) is 19.1 Å². The van der Waals surface area contributed by atoms with Crippen LogP contribution in [0.5, 0.6) is 0 Å². The zero-order valence-electron chi connectivity index (χ0n) is 10.5. The van der Waals surface area contributed by atoms with Gasteiger partial charge in [0.15, 0.2) is 0 Å². The van der Waals surface area contributed by atoms with E-state index in [4.69, 9.17) is 21.6 Å². The van der Waals surface area contributed by atoms with E-state index in [0.29, 0.717) is 13.1 Å². The van der Waals surface area contributed by atoms with E-state index in [1.807, 2.05) is 13.8 Å². The fraction of sp³-hybridized carbons (Fsp3) is 0.900. The summed E-state index contributed by atoms with van der Waals surface area (Å²) in [6, 6.07) is 0. The van der Waals surface area contributed by atoms with Gasteiger partial charge in [-0.1, -0.05) is 19.6 Å². The molecular weight excluding hydrogens is 257 g/mol. The largest absolute Gasteiger partial charge is 0.474 e. The molecule has 0 saturated carbocycles. The average molecular weight is 277 g/mol. The summed E-state index contributed by atoms with van der Waals surface area (Å²) in [5.41, 5.74) is 0. The molecule has 0 aliphatic carbocycles. The Balaban J connectivity index is 2.46. The highest BCUT2D eigenvalue weighted by Gasteiger charge is 2.33. The SMILES string of the molecule is BOC1CN(CC(C)OC(=S)S)CC(O)C1C. The monoisotopic (exact) mass is 277 g/mol. The van der Waals surface area contributed by atoms with Gasteiger partial charge in [-0.3, -0.25) is 4.90 Å². The number of ether oxygens (including phenoxy) is 1. The highest BCUT2D eigenvalue weighted by Crippen LogP contribution is 2.20. The molecule has 1 aliphatic heterocycles. The molecule has 1 aliphatic rings. The lowest BCUT2D eigenvalue weighted by Crippen LogP contribution is -2.53. The minimum Gasteiger partial charge on any atom is -0.474 e. The molecule has 0 spiro atoms. The van der Waals surface area contributed by atoms with Crippen LogP contribution in [0.25, 0.3) is 0 Å². The van der Waals surface area contributed by atoms with Gasteiger partial charge in [0.05, 0.1) is 12.2 Å². The third kappa shape index (κ3) is 4.75. The summed E-state index contributed by atoms with van der Waals surface area (Å²) in [5, 5.41) is 9.94. The van der Waals surface area contributed by atoms with Crippen molar-refractivity contribution in [3.8, 4) is 0 Å². The lowest BCUT2D eigenvalue weighted by atomic mass is 9.92. The summed E-state index contributed by atoms with van der Waals surface area (Å²) in [7, 11) is 1.68. The predicted molar refractivity (Wildman–Crippen MR) is 77.2 cm³/mol. The number of nitrogens with zero attached hydrogens (tertiary/aromatic N) is 1. The number of hydrogen-bond donors (Lipinski definition) is 2. The van der Waals surface area contributed by atoms with Crippen LogP contribution in [0.4, 0.5) is 0 Å². The van der Waals surface area contributed by atoms with Crippen LogP contribution < -0.4 is 0 Å². The lowest BCUT2D eigenvalue weighted by Gasteiger charge is -2.40. The number of thiocarbonyl (C=S) groups is 1. The maximum absolute atomic E-state index is 9.94. The average Bonchev–Trinajstić information content (AvgIpc) is 2.21. The number of hydrogen-bond acceptors (Lipinski definition) is 5. The Morgan fingerprint density at radius 1 is 1.65 bits per heavy atom. The summed E-state index contributed by atoms with van der Waals surface area (Å²) in [6.07, 6.45) is -0.323. The summed E-state index contributed by atoms with van der Waals surface area (Å²) in [5.74, 6) is 0.165. The zero-order chi connectivity index (χ0) is 13.0. The normalized spacial score (nSPS) is 32.1. The quantitative estimate of drug-likeness (QED) is 0.425. The van der Waals surface area contributed by atoms with Gasteiger partial charge in [0.25, 0.3) is 8.05 Å². The summed E-state index contributed by atoms with van der Waals surface area (Å²) >= 11 is 8.72. The molecule has 4 nitrogen and oxygen atoms in total. The predicted octanol–water partition coefficient (Wildman–Crippen LogP) is -0.148. The van der Waals surface area contributed by atoms with Gasteiger partial charge >= 0.3 is 0 Å². The first-order valence-electron chi connectivity index (χ1n) is 5.76. The van der Waals surface area contributed by atoms with E-state index < -0.39 is 0 Å². The van der Waals surface area contributed by atoms with Gasteiger partial charge in [0, 0.05) is 25.6 Å². The Morgan fingerprint density at radius 3 is 2.82 bits per heavy atom. The lowest BCUT2D eigenvalue weighted by molar-refractivity contribution is -0.0479. The molecule has 0 aromatic rings. The molecule has 17 heavy (non-hydrogen) atoms. The zero-order valence-corrected chi connectivity index (χ0v) is 12.2. The topological polar surface area (TPSA) is 41.9 Å². The van der Waals surface area contributed by atoms with E-state index in [-0.39, 0.29) is 28.6 Å². The summed E-state index contributed by atoms with van der Waals surface area (Å²) < 4.78 is 11.0.